The van der Waals surface area contributed by atoms with Crippen LogP contribution in [-0.4, -0.2) is 24.2 Å². The minimum absolute atomic E-state index is 0.00945. The number of alkyl halides is 3. The summed E-state index contributed by atoms with van der Waals surface area (Å²) in [6.07, 6.45) is -2.77. The van der Waals surface area contributed by atoms with Gasteiger partial charge in [-0.1, -0.05) is 18.2 Å². The van der Waals surface area contributed by atoms with E-state index < -0.39 is 23.5 Å². The van der Waals surface area contributed by atoms with Crippen LogP contribution in [0.1, 0.15) is 66.8 Å². The van der Waals surface area contributed by atoms with Crippen molar-refractivity contribution in [2.45, 2.75) is 63.2 Å². The van der Waals surface area contributed by atoms with Crippen LogP contribution in [-0.2, 0) is 17.4 Å². The predicted octanol–water partition coefficient (Wildman–Crippen LogP) is 5.86. The molecule has 2 unspecified atom stereocenters. The third-order valence-corrected chi connectivity index (χ3v) is 6.11. The van der Waals surface area contributed by atoms with Crippen LogP contribution in [0.5, 0.6) is 5.75 Å². The molecule has 3 rings (SSSR count). The lowest BCUT2D eigenvalue weighted by atomic mass is 9.92. The lowest BCUT2D eigenvalue weighted by Crippen LogP contribution is -2.29. The summed E-state index contributed by atoms with van der Waals surface area (Å²) in [6.45, 7) is 1.96. The molecule has 0 saturated heterocycles. The van der Waals surface area contributed by atoms with E-state index in [4.69, 9.17) is 9.84 Å². The van der Waals surface area contributed by atoms with Gasteiger partial charge in [-0.3, -0.25) is 4.79 Å². The number of methoxy groups -OCH3 is 1. The molecule has 0 aliphatic heterocycles. The first-order valence-electron chi connectivity index (χ1n) is 10.6. The molecule has 174 valence electrons. The maximum Gasteiger partial charge on any atom is 0.416 e. The van der Waals surface area contributed by atoms with Gasteiger partial charge in [0.15, 0.2) is 11.6 Å². The maximum absolute atomic E-state index is 13.7. The summed E-state index contributed by atoms with van der Waals surface area (Å²) in [4.78, 5) is 10.8. The van der Waals surface area contributed by atoms with E-state index in [2.05, 4.69) is 5.32 Å². The molecule has 1 aliphatic rings. The van der Waals surface area contributed by atoms with Gasteiger partial charge in [0.05, 0.1) is 12.7 Å². The summed E-state index contributed by atoms with van der Waals surface area (Å²) in [7, 11) is 1.41. The summed E-state index contributed by atoms with van der Waals surface area (Å²) >= 11 is 0. The van der Waals surface area contributed by atoms with Gasteiger partial charge in [0.25, 0.3) is 0 Å². The lowest BCUT2D eigenvalue weighted by Gasteiger charge is -2.21. The molecule has 0 amide bonds. The van der Waals surface area contributed by atoms with Crippen LogP contribution in [0.3, 0.4) is 0 Å². The van der Waals surface area contributed by atoms with Gasteiger partial charge in [0.2, 0.25) is 0 Å². The van der Waals surface area contributed by atoms with Gasteiger partial charge in [-0.2, -0.15) is 13.2 Å². The van der Waals surface area contributed by atoms with Crippen molar-refractivity contribution in [3.63, 3.8) is 0 Å². The summed E-state index contributed by atoms with van der Waals surface area (Å²) in [5, 5.41) is 12.3. The highest BCUT2D eigenvalue weighted by atomic mass is 19.4. The van der Waals surface area contributed by atoms with Gasteiger partial charge in [-0.05, 0) is 73.4 Å². The molecule has 1 saturated carbocycles. The molecule has 0 bridgehead atoms. The fraction of sp³-hybridized carbons (Fsp3) is 0.458. The molecular weight excluding hydrogens is 426 g/mol. The Morgan fingerprint density at radius 2 is 1.97 bits per heavy atom. The Balaban J connectivity index is 1.69. The molecule has 1 aliphatic carbocycles. The minimum atomic E-state index is -4.53. The van der Waals surface area contributed by atoms with Crippen LogP contribution in [0.2, 0.25) is 0 Å². The zero-order chi connectivity index (χ0) is 23.5. The first kappa shape index (κ1) is 24.0. The summed E-state index contributed by atoms with van der Waals surface area (Å²) < 4.78 is 59.4. The van der Waals surface area contributed by atoms with Crippen molar-refractivity contribution in [3.05, 3.63) is 64.5 Å². The molecule has 3 atom stereocenters. The number of nitrogens with one attached hydrogen (secondary N) is 1. The fourth-order valence-electron chi connectivity index (χ4n) is 4.40. The number of hydrogen-bond acceptors (Lipinski definition) is 3. The molecule has 1 fully saturated rings. The standard InChI is InChI=1S/C24H27F4NO3/c1-14(16-6-9-21(25)22(13-16)32-2)29-19-8-5-17(11-19)18-4-3-15(7-10-23(30)31)20(12-18)24(26,27)28/h3-4,6,9,12-14,17,19,29H,5,7-8,10-11H2,1-2H3,(H,30,31)/t14?,17-,19?/m0/s1. The molecular formula is C24H27F4NO3. The van der Waals surface area contributed by atoms with Crippen molar-refractivity contribution in [3.8, 4) is 5.75 Å². The van der Waals surface area contributed by atoms with Crippen LogP contribution in [0.15, 0.2) is 36.4 Å². The van der Waals surface area contributed by atoms with Gasteiger partial charge in [-0.15, -0.1) is 0 Å². The van der Waals surface area contributed by atoms with Gasteiger partial charge in [0.1, 0.15) is 0 Å². The van der Waals surface area contributed by atoms with Gasteiger partial charge >= 0.3 is 12.1 Å². The van der Waals surface area contributed by atoms with Gasteiger partial charge in [0, 0.05) is 18.5 Å². The van der Waals surface area contributed by atoms with E-state index in [1.54, 1.807) is 18.2 Å². The van der Waals surface area contributed by atoms with Crippen LogP contribution in [0.25, 0.3) is 0 Å². The number of ether oxygens (including phenoxy) is 1. The number of aryl methyl sites for hydroxylation is 1. The molecule has 8 heteroatoms. The molecule has 0 heterocycles. The van der Waals surface area contributed by atoms with E-state index in [0.29, 0.717) is 12.0 Å². The van der Waals surface area contributed by atoms with E-state index in [-0.39, 0.29) is 42.2 Å². The Bertz CT molecular complexity index is 961. The first-order chi connectivity index (χ1) is 15.1. The van der Waals surface area contributed by atoms with Crippen LogP contribution < -0.4 is 10.1 Å². The van der Waals surface area contributed by atoms with Crippen LogP contribution in [0, 0.1) is 5.82 Å². The largest absolute Gasteiger partial charge is 0.494 e. The average Bonchev–Trinajstić information content (AvgIpc) is 3.20. The number of halogens is 4. The quantitative estimate of drug-likeness (QED) is 0.492. The molecule has 4 nitrogen and oxygen atoms in total. The number of carboxylic acids is 1. The van der Waals surface area contributed by atoms with E-state index in [1.165, 1.54) is 25.3 Å². The summed E-state index contributed by atoms with van der Waals surface area (Å²) in [5.74, 6) is -1.41. The molecule has 32 heavy (non-hydrogen) atoms. The highest BCUT2D eigenvalue weighted by Gasteiger charge is 2.35. The monoisotopic (exact) mass is 453 g/mol. The number of hydrogen-bond donors (Lipinski definition) is 2. The molecule has 2 N–H and O–H groups in total. The number of rotatable bonds is 8. The van der Waals surface area contributed by atoms with Crippen molar-refractivity contribution in [1.29, 1.82) is 0 Å². The highest BCUT2D eigenvalue weighted by Crippen LogP contribution is 2.40. The third-order valence-electron chi connectivity index (χ3n) is 6.11. The number of carbonyl (C=O) groups is 1. The minimum Gasteiger partial charge on any atom is -0.494 e. The Hall–Kier alpha value is -2.61. The summed E-state index contributed by atoms with van der Waals surface area (Å²) in [6, 6.07) is 9.01. The lowest BCUT2D eigenvalue weighted by molar-refractivity contribution is -0.140. The molecule has 2 aromatic carbocycles. The number of carboxylic acid groups (broad SMARTS) is 1. The zero-order valence-electron chi connectivity index (χ0n) is 18.0. The van der Waals surface area contributed by atoms with Crippen LogP contribution >= 0.6 is 0 Å². The second-order valence-corrected chi connectivity index (χ2v) is 8.30. The van der Waals surface area contributed by atoms with Crippen molar-refractivity contribution in [1.82, 2.24) is 5.32 Å². The third kappa shape index (κ3) is 5.79. The van der Waals surface area contributed by atoms with Crippen LogP contribution in [0.4, 0.5) is 17.6 Å². The SMILES string of the molecule is COc1cc(C(C)NC2CC[C@H](c3ccc(CCC(=O)O)c(C(F)(F)F)c3)C2)ccc1F. The molecule has 0 aromatic heterocycles. The zero-order valence-corrected chi connectivity index (χ0v) is 18.0. The maximum atomic E-state index is 13.7. The topological polar surface area (TPSA) is 58.6 Å². The van der Waals surface area contributed by atoms with E-state index in [0.717, 1.165) is 18.4 Å². The predicted molar refractivity (Wildman–Crippen MR) is 112 cm³/mol. The number of aliphatic carboxylic acids is 1. The Morgan fingerprint density at radius 1 is 1.22 bits per heavy atom. The molecule has 0 spiro atoms. The Labute approximate surface area is 184 Å². The van der Waals surface area contributed by atoms with E-state index in [1.807, 2.05) is 6.92 Å². The average molecular weight is 453 g/mol. The first-order valence-corrected chi connectivity index (χ1v) is 10.6. The van der Waals surface area contributed by atoms with Crippen molar-refractivity contribution in [2.75, 3.05) is 7.11 Å². The summed E-state index contributed by atoms with van der Waals surface area (Å²) in [5.41, 5.74) is 0.750. The Kier molecular flexibility index (Phi) is 7.44. The van der Waals surface area contributed by atoms with E-state index >= 15 is 0 Å². The van der Waals surface area contributed by atoms with Crippen molar-refractivity contribution in [2.24, 2.45) is 0 Å². The van der Waals surface area contributed by atoms with Gasteiger partial charge in [-0.25, -0.2) is 4.39 Å². The molecule has 0 radical (unpaired) electrons. The second kappa shape index (κ2) is 9.90. The van der Waals surface area contributed by atoms with Crippen molar-refractivity contribution < 1.29 is 32.2 Å². The number of benzene rings is 2. The van der Waals surface area contributed by atoms with E-state index in [9.17, 15) is 22.4 Å². The Morgan fingerprint density at radius 3 is 2.62 bits per heavy atom. The molecule has 2 aromatic rings. The second-order valence-electron chi connectivity index (χ2n) is 8.30. The highest BCUT2D eigenvalue weighted by molar-refractivity contribution is 5.67. The van der Waals surface area contributed by atoms with Crippen molar-refractivity contribution >= 4 is 5.97 Å². The van der Waals surface area contributed by atoms with Gasteiger partial charge < -0.3 is 15.2 Å². The fourth-order valence-corrected chi connectivity index (χ4v) is 4.40. The normalized spacial score (nSPS) is 19.7. The smallest absolute Gasteiger partial charge is 0.416 e.